The van der Waals surface area contributed by atoms with Crippen LogP contribution in [0.15, 0.2) is 36.4 Å². The number of halogens is 4. The summed E-state index contributed by atoms with van der Waals surface area (Å²) in [5.41, 5.74) is 1.11. The van der Waals surface area contributed by atoms with Gasteiger partial charge in [-0.05, 0) is 36.4 Å². The van der Waals surface area contributed by atoms with Gasteiger partial charge < -0.3 is 20.3 Å². The van der Waals surface area contributed by atoms with Crippen molar-refractivity contribution in [2.45, 2.75) is 12.2 Å². The molecule has 0 spiro atoms. The molecule has 2 aliphatic heterocycles. The van der Waals surface area contributed by atoms with E-state index in [-0.39, 0.29) is 30.5 Å². The molecule has 2 N–H and O–H groups in total. The van der Waals surface area contributed by atoms with Crippen molar-refractivity contribution < 1.29 is 32.3 Å². The van der Waals surface area contributed by atoms with Crippen LogP contribution in [-0.4, -0.2) is 74.2 Å². The van der Waals surface area contributed by atoms with Gasteiger partial charge in [-0.15, -0.1) is 11.3 Å². The second-order valence-electron chi connectivity index (χ2n) is 8.22. The number of hydrogen-bond donors (Lipinski definition) is 2. The van der Waals surface area contributed by atoms with Crippen LogP contribution in [0.1, 0.15) is 9.67 Å². The number of anilines is 2. The molecule has 0 saturated carbocycles. The largest absolute Gasteiger partial charge is 0.395 e. The summed E-state index contributed by atoms with van der Waals surface area (Å²) in [5.74, 6) is -3.09. The summed E-state index contributed by atoms with van der Waals surface area (Å²) < 4.78 is 46.3. The van der Waals surface area contributed by atoms with Gasteiger partial charge in [-0.25, -0.2) is 0 Å². The molecular weight excluding hydrogens is 509 g/mol. The Morgan fingerprint density at radius 1 is 1.14 bits per heavy atom. The number of morpholine rings is 1. The molecule has 4 rings (SSSR count). The van der Waals surface area contributed by atoms with E-state index in [1.807, 2.05) is 0 Å². The lowest BCUT2D eigenvalue weighted by molar-refractivity contribution is -0.174. The van der Waals surface area contributed by atoms with Crippen LogP contribution in [0.2, 0.25) is 4.34 Å². The number of amides is 3. The molecule has 3 heterocycles. The molecule has 2 saturated heterocycles. The highest BCUT2D eigenvalue weighted by Gasteiger charge is 2.50. The highest BCUT2D eigenvalue weighted by molar-refractivity contribution is 7.18. The Hall–Kier alpha value is -2.67. The van der Waals surface area contributed by atoms with Crippen LogP contribution in [-0.2, 0) is 14.3 Å². The van der Waals surface area contributed by atoms with E-state index >= 15 is 0 Å². The number of hydrogen-bond acceptors (Lipinski definition) is 6. The Morgan fingerprint density at radius 3 is 2.51 bits per heavy atom. The molecule has 8 nitrogen and oxygen atoms in total. The molecule has 2 atom stereocenters. The number of likely N-dealkylation sites (tertiary alicyclic amines) is 1. The minimum Gasteiger partial charge on any atom is -0.370 e. The first-order valence-corrected chi connectivity index (χ1v) is 11.9. The Kier molecular flexibility index (Phi) is 7.64. The van der Waals surface area contributed by atoms with Crippen molar-refractivity contribution >= 4 is 52.0 Å². The van der Waals surface area contributed by atoms with Gasteiger partial charge in [0.1, 0.15) is 6.61 Å². The van der Waals surface area contributed by atoms with Gasteiger partial charge in [0.2, 0.25) is 5.91 Å². The summed E-state index contributed by atoms with van der Waals surface area (Å²) in [4.78, 5) is 40.0. The number of ether oxygens (including phenoxy) is 1. The monoisotopic (exact) mass is 530 g/mol. The Bertz CT molecular complexity index is 1100. The average molecular weight is 531 g/mol. The second-order valence-corrected chi connectivity index (χ2v) is 9.93. The number of thiophene rings is 1. The van der Waals surface area contributed by atoms with E-state index in [1.54, 1.807) is 29.2 Å². The first-order valence-electron chi connectivity index (χ1n) is 10.7. The number of rotatable bonds is 6. The number of nitrogens with zero attached hydrogens (tertiary/aromatic N) is 2. The van der Waals surface area contributed by atoms with Crippen molar-refractivity contribution in [1.29, 1.82) is 0 Å². The summed E-state index contributed by atoms with van der Waals surface area (Å²) >= 11 is 6.78. The smallest absolute Gasteiger partial charge is 0.370 e. The standard InChI is InChI=1S/C22H22ClF3N4O4S/c23-18-6-5-17(35-18)21(33)28-16-10-29(9-15(16)22(24,25)26)11-19(31)27-13-1-3-14(4-2-13)30-7-8-34-12-20(30)32/h1-6,15-16H,7-12H2,(H,27,31)(H,28,33)/t15-,16-/m1/s1. The van der Waals surface area contributed by atoms with Gasteiger partial charge in [0, 0.05) is 31.0 Å². The zero-order valence-corrected chi connectivity index (χ0v) is 19.9. The lowest BCUT2D eigenvalue weighted by Gasteiger charge is -2.27. The summed E-state index contributed by atoms with van der Waals surface area (Å²) in [6.45, 7) is 0.0630. The third kappa shape index (κ3) is 6.31. The molecule has 0 unspecified atom stereocenters. The molecule has 1 aromatic heterocycles. The number of carbonyl (C=O) groups excluding carboxylic acids is 3. The van der Waals surface area contributed by atoms with E-state index in [4.69, 9.17) is 16.3 Å². The normalized spacial score (nSPS) is 21.3. The zero-order chi connectivity index (χ0) is 25.2. The fourth-order valence-electron chi connectivity index (χ4n) is 4.09. The average Bonchev–Trinajstić information content (AvgIpc) is 3.41. The molecule has 13 heteroatoms. The summed E-state index contributed by atoms with van der Waals surface area (Å²) in [6.07, 6.45) is -4.54. The maximum atomic E-state index is 13.6. The molecule has 2 aliphatic rings. The predicted molar refractivity (Wildman–Crippen MR) is 125 cm³/mol. The number of carbonyl (C=O) groups is 3. The number of nitrogens with one attached hydrogen (secondary N) is 2. The third-order valence-electron chi connectivity index (χ3n) is 5.75. The van der Waals surface area contributed by atoms with Gasteiger partial charge in [-0.3, -0.25) is 19.3 Å². The second kappa shape index (κ2) is 10.5. The molecule has 2 aromatic rings. The number of benzene rings is 1. The first kappa shape index (κ1) is 25.4. The van der Waals surface area contributed by atoms with Crippen LogP contribution in [0.25, 0.3) is 0 Å². The molecule has 35 heavy (non-hydrogen) atoms. The van der Waals surface area contributed by atoms with Gasteiger partial charge in [0.05, 0.1) is 34.3 Å². The zero-order valence-electron chi connectivity index (χ0n) is 18.3. The quantitative estimate of drug-likeness (QED) is 0.599. The molecule has 0 bridgehead atoms. The molecule has 188 valence electrons. The van der Waals surface area contributed by atoms with E-state index < -0.39 is 36.5 Å². The molecular formula is C22H22ClF3N4O4S. The maximum absolute atomic E-state index is 13.6. The van der Waals surface area contributed by atoms with Crippen molar-refractivity contribution in [1.82, 2.24) is 10.2 Å². The van der Waals surface area contributed by atoms with E-state index in [0.717, 1.165) is 11.3 Å². The van der Waals surface area contributed by atoms with Crippen LogP contribution >= 0.6 is 22.9 Å². The summed E-state index contributed by atoms with van der Waals surface area (Å²) in [5, 5.41) is 5.10. The van der Waals surface area contributed by atoms with E-state index in [0.29, 0.717) is 28.9 Å². The Balaban J connectivity index is 1.34. The molecule has 0 radical (unpaired) electrons. The highest BCUT2D eigenvalue weighted by Crippen LogP contribution is 2.34. The molecule has 0 aliphatic carbocycles. The van der Waals surface area contributed by atoms with Crippen molar-refractivity contribution in [3.8, 4) is 0 Å². The molecule has 2 fully saturated rings. The minimum atomic E-state index is -4.54. The predicted octanol–water partition coefficient (Wildman–Crippen LogP) is 3.00. The van der Waals surface area contributed by atoms with Crippen molar-refractivity contribution in [2.24, 2.45) is 5.92 Å². The molecule has 3 amide bonds. The lowest BCUT2D eigenvalue weighted by atomic mass is 10.0. The van der Waals surface area contributed by atoms with Crippen LogP contribution in [0.5, 0.6) is 0 Å². The summed E-state index contributed by atoms with van der Waals surface area (Å²) in [6, 6.07) is 8.35. The minimum absolute atomic E-state index is 0.00968. The van der Waals surface area contributed by atoms with Crippen LogP contribution in [0.4, 0.5) is 24.5 Å². The fourth-order valence-corrected chi connectivity index (χ4v) is 5.03. The van der Waals surface area contributed by atoms with Crippen LogP contribution in [0.3, 0.4) is 0 Å². The van der Waals surface area contributed by atoms with E-state index in [2.05, 4.69) is 10.6 Å². The topological polar surface area (TPSA) is 91.0 Å². The van der Waals surface area contributed by atoms with Gasteiger partial charge in [0.25, 0.3) is 11.8 Å². The van der Waals surface area contributed by atoms with Gasteiger partial charge >= 0.3 is 6.18 Å². The molecule has 1 aromatic carbocycles. The van der Waals surface area contributed by atoms with Crippen molar-refractivity contribution in [2.75, 3.05) is 49.6 Å². The Labute approximate surface area is 208 Å². The van der Waals surface area contributed by atoms with Crippen molar-refractivity contribution in [3.05, 3.63) is 45.6 Å². The van der Waals surface area contributed by atoms with Gasteiger partial charge in [-0.1, -0.05) is 11.6 Å². The maximum Gasteiger partial charge on any atom is 0.395 e. The van der Waals surface area contributed by atoms with Crippen LogP contribution in [0, 0.1) is 5.92 Å². The fraction of sp³-hybridized carbons (Fsp3) is 0.409. The van der Waals surface area contributed by atoms with E-state index in [9.17, 15) is 27.6 Å². The van der Waals surface area contributed by atoms with E-state index in [1.165, 1.54) is 17.0 Å². The SMILES string of the molecule is O=C(CN1C[C@@H](C(F)(F)F)[C@H](NC(=O)c2ccc(Cl)s2)C1)Nc1ccc(N2CCOCC2=O)cc1. The Morgan fingerprint density at radius 2 is 1.89 bits per heavy atom. The third-order valence-corrected chi connectivity index (χ3v) is 6.98. The van der Waals surface area contributed by atoms with Crippen molar-refractivity contribution in [3.63, 3.8) is 0 Å². The highest BCUT2D eigenvalue weighted by atomic mass is 35.5. The van der Waals surface area contributed by atoms with Gasteiger partial charge in [-0.2, -0.15) is 13.2 Å². The lowest BCUT2D eigenvalue weighted by Crippen LogP contribution is -2.45. The first-order chi connectivity index (χ1) is 16.6. The summed E-state index contributed by atoms with van der Waals surface area (Å²) in [7, 11) is 0. The van der Waals surface area contributed by atoms with Crippen LogP contribution < -0.4 is 15.5 Å². The van der Waals surface area contributed by atoms with Gasteiger partial charge in [0.15, 0.2) is 0 Å². The number of alkyl halides is 3.